The summed E-state index contributed by atoms with van der Waals surface area (Å²) in [6.45, 7) is 19.0. The lowest BCUT2D eigenvalue weighted by atomic mass is 9.97. The molecule has 7 heterocycles. The van der Waals surface area contributed by atoms with Crippen LogP contribution in [0.15, 0.2) is 55.8 Å². The fourth-order valence-corrected chi connectivity index (χ4v) is 11.6. The first-order valence-electron chi connectivity index (χ1n) is 28.6. The highest BCUT2D eigenvalue weighted by Crippen LogP contribution is 2.35. The van der Waals surface area contributed by atoms with Crippen LogP contribution < -0.4 is 25.9 Å². The molecule has 6 aromatic rings. The number of carboxylic acids is 1. The second-order valence-electron chi connectivity index (χ2n) is 21.8. The van der Waals surface area contributed by atoms with E-state index in [1.165, 1.54) is 44.0 Å². The van der Waals surface area contributed by atoms with E-state index < -0.39 is 36.8 Å². The van der Waals surface area contributed by atoms with E-state index >= 15 is 0 Å². The van der Waals surface area contributed by atoms with Crippen LogP contribution in [0.1, 0.15) is 99.4 Å². The fraction of sp³-hybridized carbons (Fsp3) is 0.579. The Morgan fingerprint density at radius 1 is 0.685 bits per heavy atom. The minimum absolute atomic E-state index is 0. The van der Waals surface area contributed by atoms with E-state index in [2.05, 4.69) is 35.5 Å². The molecule has 4 aromatic heterocycles. The van der Waals surface area contributed by atoms with Crippen molar-refractivity contribution in [3.63, 3.8) is 0 Å². The molecule has 32 heteroatoms. The van der Waals surface area contributed by atoms with E-state index in [1.807, 2.05) is 41.5 Å². The van der Waals surface area contributed by atoms with Crippen LogP contribution in [0.4, 0.5) is 18.0 Å². The summed E-state index contributed by atoms with van der Waals surface area (Å²) < 4.78 is 102. The number of ether oxygens (including phenoxy) is 3. The minimum atomic E-state index is -5.08. The van der Waals surface area contributed by atoms with E-state index in [9.17, 15) is 44.4 Å². The first kappa shape index (κ1) is 74.7. The van der Waals surface area contributed by atoms with Crippen LogP contribution in [0.3, 0.4) is 0 Å². The minimum Gasteiger partial charge on any atom is -0.493 e. The number of rotatable bonds is 19. The van der Waals surface area contributed by atoms with Crippen molar-refractivity contribution >= 4 is 63.9 Å². The van der Waals surface area contributed by atoms with Crippen LogP contribution in [-0.4, -0.2) is 182 Å². The Kier molecular flexibility index (Phi) is 27.6. The summed E-state index contributed by atoms with van der Waals surface area (Å²) in [4.78, 5) is 62.2. The maximum Gasteiger partial charge on any atom is 0.490 e. The number of aliphatic hydroxyl groups excluding tert-OH is 3. The van der Waals surface area contributed by atoms with Gasteiger partial charge in [-0.3, -0.25) is 19.0 Å². The van der Waals surface area contributed by atoms with Gasteiger partial charge in [0, 0.05) is 70.8 Å². The van der Waals surface area contributed by atoms with Gasteiger partial charge in [0.1, 0.15) is 39.8 Å². The first-order valence-corrected chi connectivity index (χ1v) is 32.3. The molecule has 3 aliphatic rings. The Hall–Kier alpha value is -6.74. The molecule has 0 radical (unpaired) electrons. The Morgan fingerprint density at radius 2 is 1.09 bits per heavy atom. The monoisotopic (exact) mass is 1320 g/mol. The quantitative estimate of drug-likeness (QED) is 0.0433. The highest BCUT2D eigenvalue weighted by Gasteiger charge is 2.39. The number of alkyl halides is 3. The number of sulfonamides is 1. The number of hydrogen-bond acceptors (Lipinski definition) is 19. The molecular formula is C57H83ClF3N11O15S2. The lowest BCUT2D eigenvalue weighted by Crippen LogP contribution is -2.51. The van der Waals surface area contributed by atoms with E-state index in [0.717, 1.165) is 63.5 Å². The van der Waals surface area contributed by atoms with E-state index in [1.54, 1.807) is 32.0 Å². The summed E-state index contributed by atoms with van der Waals surface area (Å²) in [5.74, 6) is -0.116. The van der Waals surface area contributed by atoms with Crippen molar-refractivity contribution in [3.8, 4) is 34.3 Å². The Bertz CT molecular complexity index is 3690. The number of benzene rings is 2. The van der Waals surface area contributed by atoms with E-state index in [4.69, 9.17) is 50.1 Å². The first-order chi connectivity index (χ1) is 41.3. The number of aryl methyl sites for hydroxylation is 4. The molecule has 0 spiro atoms. The normalized spacial score (nSPS) is 14.6. The molecule has 0 atom stereocenters. The number of aromatic nitrogens is 8. The van der Waals surface area contributed by atoms with Crippen LogP contribution in [0.25, 0.3) is 44.8 Å². The number of nitrogens with zero attached hydrogens (tertiary/aromatic N) is 8. The highest BCUT2D eigenvalue weighted by atomic mass is 35.7. The lowest BCUT2D eigenvalue weighted by Gasteiger charge is -2.39. The van der Waals surface area contributed by atoms with Crippen LogP contribution in [0.2, 0.25) is 0 Å². The summed E-state index contributed by atoms with van der Waals surface area (Å²) in [7, 11) is 1.19. The van der Waals surface area contributed by atoms with Crippen molar-refractivity contribution in [1.29, 1.82) is 0 Å². The molecular weight excluding hydrogens is 1240 g/mol. The Morgan fingerprint density at radius 3 is 1.44 bits per heavy atom. The van der Waals surface area contributed by atoms with E-state index in [-0.39, 0.29) is 65.2 Å². The van der Waals surface area contributed by atoms with Crippen molar-refractivity contribution in [3.05, 3.63) is 68.5 Å². The number of carbonyl (C=O) groups excluding carboxylic acids is 1. The zero-order valence-electron chi connectivity index (χ0n) is 50.6. The number of aliphatic hydroxyl groups is 3. The number of fused-ring (bicyclic) bond motifs is 2. The number of aromatic amines is 2. The van der Waals surface area contributed by atoms with Crippen molar-refractivity contribution in [2.24, 2.45) is 31.8 Å². The van der Waals surface area contributed by atoms with Crippen molar-refractivity contribution in [2.45, 2.75) is 122 Å². The highest BCUT2D eigenvalue weighted by molar-refractivity contribution is 8.13. The number of carbonyl (C=O) groups is 2. The number of hydrogen-bond donors (Lipinski definition) is 7. The van der Waals surface area contributed by atoms with Gasteiger partial charge in [-0.25, -0.2) is 36.4 Å². The third-order valence-corrected chi connectivity index (χ3v) is 16.9. The van der Waals surface area contributed by atoms with Crippen LogP contribution >= 0.6 is 10.7 Å². The third-order valence-electron chi connectivity index (χ3n) is 13.7. The SMILES string of the molecule is C.CC(C)(C)OC(=O)N1CC(CCO)C1.CCCc1nn(C)c2c(=O)[nH]c(-c3cc(S(=O)(=O)Cl)ccc3OCC)nc12.CCCc1nn(C)c2c(=O)[nH]c(-c3cc(S(=O)(=O)N4CC(CCO)C4)ccc3OCC)nc12.O=C(O)C(F)(F)F.OCCC1CNC1. The molecule has 9 rings (SSSR count). The fourth-order valence-electron chi connectivity index (χ4n) is 9.20. The standard InChI is InChI=1S/C22H29N5O5S.C17H19ClN4O4S.C10H19NO3.C5H11NO.C2HF3O2.CH4/c1-4-6-17-19-20(26(3)25-17)22(29)24-21(23-19)16-11-15(7-8-18(16)32-5-2)33(30,31)27-12-14(13-27)9-10-28;1-4-6-12-14-15(22(3)21-12)17(23)20-16(19-14)11-9-10(27(18,24)25)7-8-13(11)26-5-2;1-10(2,3)14-9(13)11-6-8(7-11)4-5-12;7-2-1-5-3-6-4-5;3-2(4,5)1(6)7;/h7-8,11,14,28H,4-6,9-10,12-13H2,1-3H3,(H,23,24,29);7-9H,4-6H2,1-3H3,(H,19,20,23);8,12H,4-7H2,1-3H3;5-7H,1-4H2;(H,6,7);1H4. The summed E-state index contributed by atoms with van der Waals surface area (Å²) >= 11 is 0. The number of nitrogens with one attached hydrogen (secondary N) is 3. The van der Waals surface area contributed by atoms with Crippen molar-refractivity contribution in [1.82, 2.24) is 54.0 Å². The van der Waals surface area contributed by atoms with Gasteiger partial charge >= 0.3 is 18.2 Å². The number of likely N-dealkylation sites (tertiary alicyclic amines) is 1. The van der Waals surface area contributed by atoms with Crippen LogP contribution in [-0.2, 0) is 55.5 Å². The topological polar surface area (TPSA) is 357 Å². The van der Waals surface area contributed by atoms with Crippen LogP contribution in [0.5, 0.6) is 11.5 Å². The average molecular weight is 1320 g/mol. The van der Waals surface area contributed by atoms with E-state index in [0.29, 0.717) is 108 Å². The number of aliphatic carboxylic acids is 1. The second-order valence-corrected chi connectivity index (χ2v) is 26.3. The molecule has 0 aliphatic carbocycles. The smallest absolute Gasteiger partial charge is 0.490 e. The van der Waals surface area contributed by atoms with Crippen LogP contribution in [0, 0.1) is 17.8 Å². The number of amides is 1. The maximum atomic E-state index is 13.2. The molecule has 1 amide bonds. The number of H-pyrrole nitrogens is 2. The van der Waals surface area contributed by atoms with Gasteiger partial charge in [0.2, 0.25) is 10.0 Å². The third kappa shape index (κ3) is 20.1. The largest absolute Gasteiger partial charge is 0.493 e. The van der Waals surface area contributed by atoms with Gasteiger partial charge < -0.3 is 54.8 Å². The van der Waals surface area contributed by atoms with Crippen molar-refractivity contribution < 1.29 is 74.2 Å². The molecule has 89 heavy (non-hydrogen) atoms. The summed E-state index contributed by atoms with van der Waals surface area (Å²) in [5.41, 5.74) is 2.76. The molecule has 0 unspecified atom stereocenters. The molecule has 0 bridgehead atoms. The molecule has 3 fully saturated rings. The number of carboxylic acid groups (broad SMARTS) is 1. The van der Waals surface area contributed by atoms with Gasteiger partial charge in [0.05, 0.1) is 45.5 Å². The maximum absolute atomic E-state index is 13.2. The predicted octanol–water partition coefficient (Wildman–Crippen LogP) is 6.37. The summed E-state index contributed by atoms with van der Waals surface area (Å²) in [6.07, 6.45) is 0.0438. The van der Waals surface area contributed by atoms with Gasteiger partial charge in [-0.15, -0.1) is 0 Å². The summed E-state index contributed by atoms with van der Waals surface area (Å²) in [5, 5.41) is 45.2. The molecule has 26 nitrogen and oxygen atoms in total. The average Bonchev–Trinajstić information content (AvgIpc) is 1.83. The zero-order chi connectivity index (χ0) is 65.5. The van der Waals surface area contributed by atoms with Gasteiger partial charge in [-0.05, 0) is 134 Å². The van der Waals surface area contributed by atoms with Gasteiger partial charge in [0.15, 0.2) is 11.0 Å². The van der Waals surface area contributed by atoms with Crippen molar-refractivity contribution in [2.75, 3.05) is 72.3 Å². The summed E-state index contributed by atoms with van der Waals surface area (Å²) in [6, 6.07) is 8.78. The molecule has 2 aromatic carbocycles. The molecule has 496 valence electrons. The Labute approximate surface area is 519 Å². The lowest BCUT2D eigenvalue weighted by molar-refractivity contribution is -0.192. The van der Waals surface area contributed by atoms with Gasteiger partial charge in [-0.1, -0.05) is 34.1 Å². The molecule has 7 N–H and O–H groups in total. The van der Waals surface area contributed by atoms with Gasteiger partial charge in [0.25, 0.3) is 20.2 Å². The van der Waals surface area contributed by atoms with Gasteiger partial charge in [-0.2, -0.15) is 27.7 Å². The number of halogens is 4. The Balaban J connectivity index is 0.000000268. The molecule has 3 aliphatic heterocycles. The molecule has 3 saturated heterocycles. The second kappa shape index (κ2) is 32.8. The molecule has 0 saturated carbocycles. The predicted molar refractivity (Wildman–Crippen MR) is 328 cm³/mol. The zero-order valence-corrected chi connectivity index (χ0v) is 53.0.